The Morgan fingerprint density at radius 2 is 1.27 bits per heavy atom. The van der Waals surface area contributed by atoms with E-state index in [9.17, 15) is 39.5 Å². The van der Waals surface area contributed by atoms with Crippen molar-refractivity contribution in [3.63, 3.8) is 0 Å². The highest BCUT2D eigenvalue weighted by atomic mass is 19.4. The summed E-state index contributed by atoms with van der Waals surface area (Å²) >= 11 is 0. The topological polar surface area (TPSA) is 0 Å². The van der Waals surface area contributed by atoms with Gasteiger partial charge in [0.25, 0.3) is 0 Å². The maximum atomic E-state index is 14.1. The van der Waals surface area contributed by atoms with Gasteiger partial charge in [0.1, 0.15) is 0 Å². The number of hydrogen-bond acceptors (Lipinski definition) is 0. The van der Waals surface area contributed by atoms with E-state index >= 15 is 0 Å². The normalized spacial score (nSPS) is 21.7. The Hall–Kier alpha value is -1.41. The molecule has 0 unspecified atom stereocenters. The quantitative estimate of drug-likeness (QED) is 0.278. The van der Waals surface area contributed by atoms with Gasteiger partial charge in [0, 0.05) is 5.92 Å². The number of alkyl halides is 9. The molecule has 172 valence electrons. The third-order valence-corrected chi connectivity index (χ3v) is 5.93. The summed E-state index contributed by atoms with van der Waals surface area (Å²) in [4.78, 5) is 0. The van der Waals surface area contributed by atoms with Crippen LogP contribution < -0.4 is 0 Å². The first-order chi connectivity index (χ1) is 13.8. The lowest BCUT2D eigenvalue weighted by Gasteiger charge is -2.40. The molecule has 30 heavy (non-hydrogen) atoms. The van der Waals surface area contributed by atoms with Crippen molar-refractivity contribution >= 4 is 0 Å². The minimum absolute atomic E-state index is 0.0170. The molecule has 1 fully saturated rings. The molecule has 1 aromatic carbocycles. The fourth-order valence-corrected chi connectivity index (χ4v) is 3.97. The molecule has 0 N–H and O–H groups in total. The lowest BCUT2D eigenvalue weighted by atomic mass is 9.74. The van der Waals surface area contributed by atoms with Gasteiger partial charge in [-0.3, -0.25) is 0 Å². The predicted molar refractivity (Wildman–Crippen MR) is 95.3 cm³/mol. The van der Waals surface area contributed by atoms with Crippen molar-refractivity contribution in [1.29, 1.82) is 0 Å². The summed E-state index contributed by atoms with van der Waals surface area (Å²) < 4.78 is 119. The molecule has 9 heteroatoms. The molecular weight excluding hydrogens is 423 g/mol. The van der Waals surface area contributed by atoms with E-state index in [2.05, 4.69) is 6.92 Å². The summed E-state index contributed by atoms with van der Waals surface area (Å²) in [5.74, 6) is -21.3. The van der Waals surface area contributed by atoms with Crippen LogP contribution in [0, 0.1) is 5.92 Å². The molecule has 0 spiro atoms. The van der Waals surface area contributed by atoms with Gasteiger partial charge in [-0.25, -0.2) is 0 Å². The molecule has 0 nitrogen and oxygen atoms in total. The monoisotopic (exact) mass is 448 g/mol. The van der Waals surface area contributed by atoms with Gasteiger partial charge in [-0.2, -0.15) is 39.5 Å². The third-order valence-electron chi connectivity index (χ3n) is 5.93. The van der Waals surface area contributed by atoms with Crippen LogP contribution in [0.15, 0.2) is 24.3 Å². The third kappa shape index (κ3) is 4.74. The average Bonchev–Trinajstić information content (AvgIpc) is 2.67. The van der Waals surface area contributed by atoms with E-state index in [0.717, 1.165) is 36.8 Å². The summed E-state index contributed by atoms with van der Waals surface area (Å²) in [7, 11) is 0. The molecule has 0 atom stereocenters. The Morgan fingerprint density at radius 3 is 1.73 bits per heavy atom. The van der Waals surface area contributed by atoms with Crippen molar-refractivity contribution in [2.45, 2.75) is 88.2 Å². The summed E-state index contributed by atoms with van der Waals surface area (Å²) in [6.45, 7) is 2.09. The van der Waals surface area contributed by atoms with Crippen molar-refractivity contribution < 1.29 is 39.5 Å². The van der Waals surface area contributed by atoms with Gasteiger partial charge in [-0.15, -0.1) is 0 Å². The molecule has 1 aromatic rings. The van der Waals surface area contributed by atoms with Crippen LogP contribution in [0.1, 0.15) is 68.9 Å². The fraction of sp³-hybridized carbons (Fsp3) is 0.714. The van der Waals surface area contributed by atoms with Crippen LogP contribution in [0.25, 0.3) is 0 Å². The summed E-state index contributed by atoms with van der Waals surface area (Å²) in [5.41, 5.74) is 1.94. The molecule has 1 saturated carbocycles. The molecule has 0 bridgehead atoms. The van der Waals surface area contributed by atoms with Gasteiger partial charge in [-0.05, 0) is 55.6 Å². The Bertz CT molecular complexity index is 669. The standard InChI is InChI=1S/C21H25F9/c1-2-3-4-5-14-6-8-15(9-7-14)16-10-12-17(13-11-16)18(22,23)19(24,25)20(26,27)21(28,29)30/h6-9,16-17H,2-5,10-13H2,1H3/t16-,17-. The van der Waals surface area contributed by atoms with Gasteiger partial charge in [0.2, 0.25) is 0 Å². The highest BCUT2D eigenvalue weighted by molar-refractivity contribution is 5.26. The molecule has 0 amide bonds. The first-order valence-corrected chi connectivity index (χ1v) is 10.0. The second-order valence-electron chi connectivity index (χ2n) is 8.02. The van der Waals surface area contributed by atoms with Crippen LogP contribution in [0.2, 0.25) is 0 Å². The largest absolute Gasteiger partial charge is 0.460 e. The maximum absolute atomic E-state index is 14.1. The van der Waals surface area contributed by atoms with Crippen molar-refractivity contribution in [2.24, 2.45) is 5.92 Å². The molecule has 1 aliphatic rings. The summed E-state index contributed by atoms with van der Waals surface area (Å²) in [5, 5.41) is 0. The van der Waals surface area contributed by atoms with Crippen LogP contribution >= 0.6 is 0 Å². The van der Waals surface area contributed by atoms with E-state index in [-0.39, 0.29) is 18.8 Å². The lowest BCUT2D eigenvalue weighted by Crippen LogP contribution is -2.63. The fourth-order valence-electron chi connectivity index (χ4n) is 3.97. The molecule has 2 rings (SSSR count). The number of rotatable bonds is 8. The van der Waals surface area contributed by atoms with E-state index < -0.39 is 42.7 Å². The minimum atomic E-state index is -6.81. The van der Waals surface area contributed by atoms with Crippen LogP contribution in [0.3, 0.4) is 0 Å². The van der Waals surface area contributed by atoms with Gasteiger partial charge in [-0.1, -0.05) is 44.0 Å². The van der Waals surface area contributed by atoms with Crippen molar-refractivity contribution in [3.8, 4) is 0 Å². The molecule has 0 radical (unpaired) electrons. The number of halogens is 9. The van der Waals surface area contributed by atoms with Crippen LogP contribution in [-0.2, 0) is 6.42 Å². The van der Waals surface area contributed by atoms with Gasteiger partial charge < -0.3 is 0 Å². The first kappa shape index (κ1) is 24.9. The van der Waals surface area contributed by atoms with Crippen molar-refractivity contribution in [1.82, 2.24) is 0 Å². The molecule has 0 heterocycles. The summed E-state index contributed by atoms with van der Waals surface area (Å²) in [6, 6.07) is 7.47. The smallest absolute Gasteiger partial charge is 0.199 e. The number of benzene rings is 1. The van der Waals surface area contributed by atoms with E-state index in [0.29, 0.717) is 0 Å². The molecular formula is C21H25F9. The van der Waals surface area contributed by atoms with E-state index in [1.807, 2.05) is 24.3 Å². The highest BCUT2D eigenvalue weighted by Crippen LogP contribution is 2.57. The second-order valence-corrected chi connectivity index (χ2v) is 8.02. The predicted octanol–water partition coefficient (Wildman–Crippen LogP) is 8.16. The van der Waals surface area contributed by atoms with Crippen LogP contribution in [0.4, 0.5) is 39.5 Å². The van der Waals surface area contributed by atoms with E-state index in [4.69, 9.17) is 0 Å². The second kappa shape index (κ2) is 8.99. The molecule has 1 aliphatic carbocycles. The molecule has 0 saturated heterocycles. The summed E-state index contributed by atoms with van der Waals surface area (Å²) in [6.07, 6.45) is -3.73. The Kier molecular flexibility index (Phi) is 7.45. The Morgan fingerprint density at radius 1 is 0.733 bits per heavy atom. The average molecular weight is 448 g/mol. The van der Waals surface area contributed by atoms with E-state index in [1.54, 1.807) is 0 Å². The van der Waals surface area contributed by atoms with Crippen LogP contribution in [-0.4, -0.2) is 23.9 Å². The first-order valence-electron chi connectivity index (χ1n) is 10.0. The lowest BCUT2D eigenvalue weighted by molar-refractivity contribution is -0.404. The zero-order valence-electron chi connectivity index (χ0n) is 16.5. The number of unbranched alkanes of at least 4 members (excludes halogenated alkanes) is 2. The zero-order valence-corrected chi connectivity index (χ0v) is 16.5. The molecule has 0 aliphatic heterocycles. The molecule has 0 aromatic heterocycles. The van der Waals surface area contributed by atoms with Gasteiger partial charge >= 0.3 is 23.9 Å². The maximum Gasteiger partial charge on any atom is 0.460 e. The van der Waals surface area contributed by atoms with Crippen LogP contribution in [0.5, 0.6) is 0 Å². The highest BCUT2D eigenvalue weighted by Gasteiger charge is 2.82. The van der Waals surface area contributed by atoms with E-state index in [1.165, 1.54) is 0 Å². The number of aryl methyl sites for hydroxylation is 1. The SMILES string of the molecule is CCCCCc1ccc([C@H]2CC[C@H](C(F)(F)C(F)(F)C(F)(F)C(F)(F)F)CC2)cc1. The minimum Gasteiger partial charge on any atom is -0.199 e. The zero-order chi connectivity index (χ0) is 22.8. The number of hydrogen-bond donors (Lipinski definition) is 0. The van der Waals surface area contributed by atoms with Gasteiger partial charge in [0.05, 0.1) is 0 Å². The van der Waals surface area contributed by atoms with Gasteiger partial charge in [0.15, 0.2) is 0 Å². The van der Waals surface area contributed by atoms with Crippen molar-refractivity contribution in [2.75, 3.05) is 0 Å². The Labute approximate surface area is 169 Å². The Balaban J connectivity index is 2.04. The van der Waals surface area contributed by atoms with Crippen molar-refractivity contribution in [3.05, 3.63) is 35.4 Å².